The Hall–Kier alpha value is -9.32. The summed E-state index contributed by atoms with van der Waals surface area (Å²) < 4.78 is 21.2. The van der Waals surface area contributed by atoms with Gasteiger partial charge in [-0.15, -0.1) is 0 Å². The van der Waals surface area contributed by atoms with Gasteiger partial charge in [-0.1, -0.05) is 182 Å². The number of nitrogens with zero attached hydrogens (tertiary/aromatic N) is 2. The molecule has 3 heterocycles. The molecule has 0 spiro atoms. The Labute approximate surface area is 397 Å². The second-order valence-corrected chi connectivity index (χ2v) is 17.6. The fraction of sp³-hybridized carbons (Fsp3) is 0. The molecule has 69 heavy (non-hydrogen) atoms. The number of ether oxygens (including phenoxy) is 1. The van der Waals surface area contributed by atoms with E-state index in [1.165, 1.54) is 0 Å². The number of furan rings is 2. The zero-order valence-electron chi connectivity index (χ0n) is 37.2. The summed E-state index contributed by atoms with van der Waals surface area (Å²) in [6.45, 7) is 0. The molecule has 2 aromatic heterocycles. The largest absolute Gasteiger partial charge is 0.454 e. The van der Waals surface area contributed by atoms with Gasteiger partial charge in [0.1, 0.15) is 11.2 Å². The van der Waals surface area contributed by atoms with E-state index in [1.807, 2.05) is 24.3 Å². The summed E-state index contributed by atoms with van der Waals surface area (Å²) in [4.78, 5) is 4.59. The minimum Gasteiger partial charge on any atom is -0.454 e. The van der Waals surface area contributed by atoms with E-state index in [0.717, 1.165) is 134 Å². The summed E-state index contributed by atoms with van der Waals surface area (Å²) in [5.74, 6) is 1.50. The lowest BCUT2D eigenvalue weighted by Crippen LogP contribution is -2.15. The summed E-state index contributed by atoms with van der Waals surface area (Å²) in [5, 5.41) is 6.37. The van der Waals surface area contributed by atoms with E-state index in [4.69, 9.17) is 13.6 Å². The van der Waals surface area contributed by atoms with Gasteiger partial charge in [0.05, 0.1) is 22.7 Å². The smallest absolute Gasteiger partial charge is 0.160 e. The molecule has 0 saturated carbocycles. The number of fused-ring (bicyclic) bond motifs is 8. The van der Waals surface area contributed by atoms with Gasteiger partial charge in [-0.2, -0.15) is 0 Å². The molecule has 0 unspecified atom stereocenters. The molecule has 11 aromatic carbocycles. The number of rotatable bonds is 8. The molecule has 0 radical (unpaired) electrons. The third-order valence-electron chi connectivity index (χ3n) is 13.7. The molecule has 13 aromatic rings. The summed E-state index contributed by atoms with van der Waals surface area (Å²) in [5.41, 5.74) is 15.5. The minimum atomic E-state index is 0.742. The van der Waals surface area contributed by atoms with Crippen molar-refractivity contribution in [2.75, 3.05) is 9.80 Å². The molecule has 5 heteroatoms. The van der Waals surface area contributed by atoms with Crippen molar-refractivity contribution in [3.8, 4) is 44.9 Å². The van der Waals surface area contributed by atoms with Crippen LogP contribution in [0.1, 0.15) is 0 Å². The van der Waals surface area contributed by atoms with Crippen molar-refractivity contribution in [2.45, 2.75) is 0 Å². The van der Waals surface area contributed by atoms with Crippen molar-refractivity contribution in [1.29, 1.82) is 0 Å². The monoisotopic (exact) mass is 884 g/mol. The Morgan fingerprint density at radius 1 is 0.275 bits per heavy atom. The molecular formula is C64H40N2O3. The van der Waals surface area contributed by atoms with E-state index in [1.54, 1.807) is 0 Å². The van der Waals surface area contributed by atoms with E-state index in [9.17, 15) is 0 Å². The number of hydrogen-bond acceptors (Lipinski definition) is 5. The quantitative estimate of drug-likeness (QED) is 0.152. The molecule has 1 aliphatic rings. The lowest BCUT2D eigenvalue weighted by Gasteiger charge is -2.33. The molecule has 0 aliphatic carbocycles. The summed E-state index contributed by atoms with van der Waals surface area (Å²) in [7, 11) is 0. The molecule has 5 nitrogen and oxygen atoms in total. The highest BCUT2D eigenvalue weighted by Gasteiger charge is 2.32. The van der Waals surface area contributed by atoms with Crippen molar-refractivity contribution < 1.29 is 13.6 Å². The third kappa shape index (κ3) is 6.25. The van der Waals surface area contributed by atoms with Gasteiger partial charge < -0.3 is 23.4 Å². The highest BCUT2D eigenvalue weighted by atomic mass is 16.5. The number of para-hydroxylation sites is 5. The Bertz CT molecular complexity index is 4100. The summed E-state index contributed by atoms with van der Waals surface area (Å²) in [6.07, 6.45) is 0. The second kappa shape index (κ2) is 15.7. The highest BCUT2D eigenvalue weighted by Crippen LogP contribution is 2.58. The Morgan fingerprint density at radius 3 is 1.28 bits per heavy atom. The van der Waals surface area contributed by atoms with Crippen LogP contribution >= 0.6 is 0 Å². The van der Waals surface area contributed by atoms with Gasteiger partial charge in [0.15, 0.2) is 22.7 Å². The van der Waals surface area contributed by atoms with E-state index in [-0.39, 0.29) is 0 Å². The van der Waals surface area contributed by atoms with E-state index >= 15 is 0 Å². The predicted octanol–water partition coefficient (Wildman–Crippen LogP) is 18.7. The first kappa shape index (κ1) is 38.9. The predicted molar refractivity (Wildman–Crippen MR) is 284 cm³/mol. The third-order valence-corrected chi connectivity index (χ3v) is 13.7. The first-order chi connectivity index (χ1) is 34.2. The van der Waals surface area contributed by atoms with Crippen LogP contribution in [0.25, 0.3) is 88.0 Å². The van der Waals surface area contributed by atoms with Crippen molar-refractivity contribution in [3.63, 3.8) is 0 Å². The van der Waals surface area contributed by atoms with Crippen LogP contribution in [0.5, 0.6) is 11.5 Å². The lowest BCUT2D eigenvalue weighted by molar-refractivity contribution is 0.489. The SMILES string of the molecule is c1ccc(-c2ccc(N(c3cccc4c3Oc3c(N(c5ccc(-c6ccccc6)cc5)c5cccc6c5oc5ccccc56)ccc5cccc-4c35)c3cccc4c3oc3ccccc34)cc2)cc1. The maximum Gasteiger partial charge on any atom is 0.160 e. The second-order valence-electron chi connectivity index (χ2n) is 17.6. The van der Waals surface area contributed by atoms with E-state index in [0.29, 0.717) is 0 Å². The first-order valence-corrected chi connectivity index (χ1v) is 23.3. The average Bonchev–Trinajstić information content (AvgIpc) is 4.00. The maximum atomic E-state index is 7.64. The van der Waals surface area contributed by atoms with Crippen LogP contribution in [0.3, 0.4) is 0 Å². The van der Waals surface area contributed by atoms with Gasteiger partial charge >= 0.3 is 0 Å². The molecule has 0 fully saturated rings. The van der Waals surface area contributed by atoms with Gasteiger partial charge in [-0.05, 0) is 93.9 Å². The molecule has 0 saturated heterocycles. The van der Waals surface area contributed by atoms with Crippen LogP contribution in [0.15, 0.2) is 251 Å². The van der Waals surface area contributed by atoms with Gasteiger partial charge in [0.25, 0.3) is 0 Å². The van der Waals surface area contributed by atoms with Crippen molar-refractivity contribution in [3.05, 3.63) is 243 Å². The van der Waals surface area contributed by atoms with Gasteiger partial charge in [-0.3, -0.25) is 0 Å². The van der Waals surface area contributed by atoms with Crippen molar-refractivity contribution >= 4 is 88.8 Å². The molecule has 0 N–H and O–H groups in total. The number of benzene rings is 11. The standard InChI is InChI=1S/C64H40N2O3/c1-3-15-41(16-4-1)43-31-36-46(37-32-43)65(54-26-12-23-51-48-20-7-9-29-58(48)67-61(51)54)56-28-14-25-53-50-22-11-19-45-35-40-57(64(60(45)50)69-63(53)56)66(47-38-33-44(34-39-47)42-17-5-2-6-18-42)55-27-13-24-52-49-21-8-10-30-59(49)68-62(52)55/h1-40H. The fourth-order valence-electron chi connectivity index (χ4n) is 10.5. The van der Waals surface area contributed by atoms with E-state index in [2.05, 4.69) is 228 Å². The molecule has 0 bridgehead atoms. The molecule has 1 aliphatic heterocycles. The van der Waals surface area contributed by atoms with E-state index < -0.39 is 0 Å². The zero-order chi connectivity index (χ0) is 45.4. The van der Waals surface area contributed by atoms with Crippen molar-refractivity contribution in [1.82, 2.24) is 0 Å². The fourth-order valence-corrected chi connectivity index (χ4v) is 10.5. The average molecular weight is 885 g/mol. The van der Waals surface area contributed by atoms with Gasteiger partial charge in [0, 0.05) is 43.9 Å². The Morgan fingerprint density at radius 2 is 0.710 bits per heavy atom. The molecule has 324 valence electrons. The van der Waals surface area contributed by atoms with Crippen molar-refractivity contribution in [2.24, 2.45) is 0 Å². The first-order valence-electron chi connectivity index (χ1n) is 23.3. The van der Waals surface area contributed by atoms with Crippen LogP contribution in [-0.4, -0.2) is 0 Å². The minimum absolute atomic E-state index is 0.742. The van der Waals surface area contributed by atoms with Crippen LogP contribution in [0, 0.1) is 0 Å². The van der Waals surface area contributed by atoms with Gasteiger partial charge in [0.2, 0.25) is 0 Å². The molecule has 0 atom stereocenters. The summed E-state index contributed by atoms with van der Waals surface area (Å²) >= 11 is 0. The van der Waals surface area contributed by atoms with Crippen LogP contribution < -0.4 is 14.5 Å². The zero-order valence-corrected chi connectivity index (χ0v) is 37.2. The topological polar surface area (TPSA) is 42.0 Å². The highest BCUT2D eigenvalue weighted by molar-refractivity contribution is 6.14. The molecule has 0 amide bonds. The van der Waals surface area contributed by atoms with Gasteiger partial charge in [-0.25, -0.2) is 0 Å². The lowest BCUT2D eigenvalue weighted by atomic mass is 9.92. The Kier molecular flexibility index (Phi) is 8.83. The number of anilines is 6. The summed E-state index contributed by atoms with van der Waals surface area (Å²) in [6, 6.07) is 85.3. The number of hydrogen-bond donors (Lipinski definition) is 0. The van der Waals surface area contributed by atoms with Crippen LogP contribution in [-0.2, 0) is 0 Å². The van der Waals surface area contributed by atoms with Crippen LogP contribution in [0.4, 0.5) is 34.1 Å². The molecular weight excluding hydrogens is 845 g/mol. The van der Waals surface area contributed by atoms with Crippen LogP contribution in [0.2, 0.25) is 0 Å². The maximum absolute atomic E-state index is 7.64. The Balaban J connectivity index is 1.000. The molecule has 14 rings (SSSR count). The normalized spacial score (nSPS) is 11.9.